The monoisotopic (exact) mass is 317 g/mol. The van der Waals surface area contributed by atoms with Crippen molar-refractivity contribution in [1.82, 2.24) is 10.2 Å². The number of thiophene rings is 1. The number of para-hydroxylation sites is 1. The Labute approximate surface area is 129 Å². The second kappa shape index (κ2) is 6.07. The van der Waals surface area contributed by atoms with Crippen LogP contribution in [0.5, 0.6) is 0 Å². The largest absolute Gasteiger partial charge is 0.419 e. The first-order valence-electron chi connectivity index (χ1n) is 6.54. The van der Waals surface area contributed by atoms with Crippen LogP contribution in [-0.2, 0) is 11.2 Å². The minimum Gasteiger partial charge on any atom is -0.419 e. The average molecular weight is 317 g/mol. The van der Waals surface area contributed by atoms with Crippen LogP contribution < -0.4 is 5.32 Å². The standard InChI is InChI=1S/C15H12FN3O2S/c1-9-6-7-22-14(9)15-19-18-13(21-15)8-12(20)17-11-5-3-2-4-10(11)16/h2-7H,8H2,1H3,(H,17,20). The van der Waals surface area contributed by atoms with Gasteiger partial charge in [0.2, 0.25) is 11.8 Å². The zero-order valence-electron chi connectivity index (χ0n) is 11.7. The van der Waals surface area contributed by atoms with Gasteiger partial charge < -0.3 is 9.73 Å². The molecule has 3 rings (SSSR count). The molecule has 0 bridgehead atoms. The SMILES string of the molecule is Cc1ccsc1-c1nnc(CC(=O)Nc2ccccc2F)o1. The third-order valence-corrected chi connectivity index (χ3v) is 3.99. The minimum absolute atomic E-state index is 0.105. The van der Waals surface area contributed by atoms with E-state index in [9.17, 15) is 9.18 Å². The Morgan fingerprint density at radius 3 is 2.86 bits per heavy atom. The zero-order valence-corrected chi connectivity index (χ0v) is 12.5. The van der Waals surface area contributed by atoms with Crippen LogP contribution in [0.3, 0.4) is 0 Å². The average Bonchev–Trinajstić information content (AvgIpc) is 3.10. The van der Waals surface area contributed by atoms with Crippen molar-refractivity contribution in [2.45, 2.75) is 13.3 Å². The molecule has 2 heterocycles. The Kier molecular flexibility index (Phi) is 3.97. The fourth-order valence-corrected chi connectivity index (χ4v) is 2.75. The summed E-state index contributed by atoms with van der Waals surface area (Å²) in [4.78, 5) is 12.8. The van der Waals surface area contributed by atoms with Gasteiger partial charge in [0.25, 0.3) is 5.89 Å². The van der Waals surface area contributed by atoms with Crippen molar-refractivity contribution >= 4 is 22.9 Å². The minimum atomic E-state index is -0.490. The summed E-state index contributed by atoms with van der Waals surface area (Å²) in [7, 11) is 0. The van der Waals surface area contributed by atoms with Gasteiger partial charge in [0.1, 0.15) is 12.2 Å². The van der Waals surface area contributed by atoms with Gasteiger partial charge in [-0.2, -0.15) is 0 Å². The van der Waals surface area contributed by atoms with Crippen molar-refractivity contribution in [2.24, 2.45) is 0 Å². The molecular formula is C15H12FN3O2S. The molecule has 0 aliphatic rings. The van der Waals surface area contributed by atoms with E-state index in [1.807, 2.05) is 18.4 Å². The van der Waals surface area contributed by atoms with Gasteiger partial charge in [-0.3, -0.25) is 4.79 Å². The van der Waals surface area contributed by atoms with E-state index < -0.39 is 11.7 Å². The third kappa shape index (κ3) is 3.04. The predicted octanol–water partition coefficient (Wildman–Crippen LogP) is 3.43. The van der Waals surface area contributed by atoms with E-state index in [2.05, 4.69) is 15.5 Å². The summed E-state index contributed by atoms with van der Waals surface area (Å²) < 4.78 is 18.9. The van der Waals surface area contributed by atoms with Crippen molar-refractivity contribution in [3.8, 4) is 10.8 Å². The molecule has 2 aromatic heterocycles. The summed E-state index contributed by atoms with van der Waals surface area (Å²) in [5.41, 5.74) is 1.16. The van der Waals surface area contributed by atoms with Gasteiger partial charge in [-0.15, -0.1) is 21.5 Å². The number of rotatable bonds is 4. The Bertz CT molecular complexity index is 812. The van der Waals surface area contributed by atoms with Gasteiger partial charge in [0, 0.05) is 0 Å². The first kappa shape index (κ1) is 14.4. The van der Waals surface area contributed by atoms with E-state index >= 15 is 0 Å². The summed E-state index contributed by atoms with van der Waals surface area (Å²) >= 11 is 1.49. The molecule has 0 fully saturated rings. The Morgan fingerprint density at radius 2 is 2.14 bits per heavy atom. The molecule has 0 unspecified atom stereocenters. The number of carbonyl (C=O) groups excluding carboxylic acids is 1. The van der Waals surface area contributed by atoms with Gasteiger partial charge in [0.15, 0.2) is 0 Å². The molecule has 7 heteroatoms. The first-order valence-corrected chi connectivity index (χ1v) is 7.42. The Balaban J connectivity index is 1.69. The van der Waals surface area contributed by atoms with E-state index in [1.54, 1.807) is 12.1 Å². The fourth-order valence-electron chi connectivity index (χ4n) is 1.90. The van der Waals surface area contributed by atoms with Crippen molar-refractivity contribution in [3.05, 3.63) is 53.0 Å². The molecule has 0 spiro atoms. The van der Waals surface area contributed by atoms with Crippen molar-refractivity contribution in [3.63, 3.8) is 0 Å². The fraction of sp³-hybridized carbons (Fsp3) is 0.133. The van der Waals surface area contributed by atoms with Crippen LogP contribution in [0.4, 0.5) is 10.1 Å². The molecule has 3 aromatic rings. The number of hydrogen-bond acceptors (Lipinski definition) is 5. The van der Waals surface area contributed by atoms with Crippen LogP contribution in [0.2, 0.25) is 0 Å². The van der Waals surface area contributed by atoms with Crippen LogP contribution in [0.25, 0.3) is 10.8 Å². The number of nitrogens with zero attached hydrogens (tertiary/aromatic N) is 2. The summed E-state index contributed by atoms with van der Waals surface area (Å²) in [5, 5.41) is 12.2. The number of nitrogens with one attached hydrogen (secondary N) is 1. The highest BCUT2D eigenvalue weighted by Gasteiger charge is 2.15. The number of amides is 1. The summed E-state index contributed by atoms with van der Waals surface area (Å²) in [5.74, 6) is -0.322. The maximum atomic E-state index is 13.5. The quantitative estimate of drug-likeness (QED) is 0.800. The normalized spacial score (nSPS) is 10.6. The van der Waals surface area contributed by atoms with E-state index in [-0.39, 0.29) is 18.0 Å². The third-order valence-electron chi connectivity index (χ3n) is 2.98. The summed E-state index contributed by atoms with van der Waals surface area (Å²) in [6.07, 6.45) is -0.105. The van der Waals surface area contributed by atoms with E-state index in [1.165, 1.54) is 23.5 Å². The van der Waals surface area contributed by atoms with Crippen LogP contribution in [0.1, 0.15) is 11.5 Å². The lowest BCUT2D eigenvalue weighted by atomic mass is 10.3. The maximum absolute atomic E-state index is 13.5. The van der Waals surface area contributed by atoms with E-state index in [0.717, 1.165) is 10.4 Å². The second-order valence-electron chi connectivity index (χ2n) is 4.64. The summed E-state index contributed by atoms with van der Waals surface area (Å²) in [6.45, 7) is 1.95. The molecule has 0 radical (unpaired) electrons. The smallest absolute Gasteiger partial charge is 0.258 e. The predicted molar refractivity (Wildman–Crippen MR) is 81.1 cm³/mol. The molecule has 1 aromatic carbocycles. The summed E-state index contributed by atoms with van der Waals surface area (Å²) in [6, 6.07) is 7.91. The van der Waals surface area contributed by atoms with Gasteiger partial charge in [-0.1, -0.05) is 12.1 Å². The molecule has 5 nitrogen and oxygen atoms in total. The number of benzene rings is 1. The number of halogens is 1. The van der Waals surface area contributed by atoms with Gasteiger partial charge in [0.05, 0.1) is 10.6 Å². The molecule has 0 aliphatic carbocycles. The topological polar surface area (TPSA) is 68.0 Å². The molecule has 0 atom stereocenters. The molecule has 0 saturated heterocycles. The Morgan fingerprint density at radius 1 is 1.32 bits per heavy atom. The highest BCUT2D eigenvalue weighted by atomic mass is 32.1. The molecule has 0 saturated carbocycles. The van der Waals surface area contributed by atoms with Crippen LogP contribution in [0, 0.1) is 12.7 Å². The zero-order chi connectivity index (χ0) is 15.5. The van der Waals surface area contributed by atoms with Gasteiger partial charge in [-0.05, 0) is 36.1 Å². The highest BCUT2D eigenvalue weighted by Crippen LogP contribution is 2.27. The molecule has 1 amide bonds. The molecule has 1 N–H and O–H groups in total. The maximum Gasteiger partial charge on any atom is 0.258 e. The molecule has 0 aliphatic heterocycles. The van der Waals surface area contributed by atoms with E-state index in [0.29, 0.717) is 5.89 Å². The van der Waals surface area contributed by atoms with Crippen molar-refractivity contribution in [2.75, 3.05) is 5.32 Å². The highest BCUT2D eigenvalue weighted by molar-refractivity contribution is 7.13. The van der Waals surface area contributed by atoms with Crippen LogP contribution in [-0.4, -0.2) is 16.1 Å². The van der Waals surface area contributed by atoms with Gasteiger partial charge >= 0.3 is 0 Å². The molecule has 22 heavy (non-hydrogen) atoms. The van der Waals surface area contributed by atoms with E-state index in [4.69, 9.17) is 4.42 Å². The number of hydrogen-bond donors (Lipinski definition) is 1. The lowest BCUT2D eigenvalue weighted by Gasteiger charge is -2.03. The number of aromatic nitrogens is 2. The number of anilines is 1. The number of aryl methyl sites for hydroxylation is 1. The second-order valence-corrected chi connectivity index (χ2v) is 5.55. The Hall–Kier alpha value is -2.54. The van der Waals surface area contributed by atoms with Crippen molar-refractivity contribution < 1.29 is 13.6 Å². The first-order chi connectivity index (χ1) is 10.6. The lowest BCUT2D eigenvalue weighted by Crippen LogP contribution is -2.15. The van der Waals surface area contributed by atoms with Crippen LogP contribution >= 0.6 is 11.3 Å². The van der Waals surface area contributed by atoms with Gasteiger partial charge in [-0.25, -0.2) is 4.39 Å². The van der Waals surface area contributed by atoms with Crippen LogP contribution in [0.15, 0.2) is 40.1 Å². The molecule has 112 valence electrons. The van der Waals surface area contributed by atoms with Crippen molar-refractivity contribution in [1.29, 1.82) is 0 Å². The molecular weight excluding hydrogens is 305 g/mol. The lowest BCUT2D eigenvalue weighted by molar-refractivity contribution is -0.115. The number of carbonyl (C=O) groups is 1.